The number of ether oxygens (including phenoxy) is 2. The van der Waals surface area contributed by atoms with E-state index in [0.717, 1.165) is 16.8 Å². The first-order valence-electron chi connectivity index (χ1n) is 12.1. The molecule has 0 radical (unpaired) electrons. The molecule has 0 N–H and O–H groups in total. The molecular weight excluding hydrogens is 504 g/mol. The number of hydrogen-bond donors (Lipinski definition) is 0. The van der Waals surface area contributed by atoms with Crippen LogP contribution >= 0.6 is 11.6 Å². The largest absolute Gasteiger partial charge is 0.348 e. The molecule has 0 spiro atoms. The zero-order valence-electron chi connectivity index (χ0n) is 21.3. The molecule has 0 aliphatic carbocycles. The summed E-state index contributed by atoms with van der Waals surface area (Å²) < 4.78 is 13.1. The molecule has 192 valence electrons. The van der Waals surface area contributed by atoms with Gasteiger partial charge in [0.05, 0.1) is 29.9 Å². The highest BCUT2D eigenvalue weighted by Gasteiger charge is 2.35. The molecule has 2 atom stereocenters. The van der Waals surface area contributed by atoms with E-state index in [2.05, 4.69) is 21.0 Å². The lowest BCUT2D eigenvalue weighted by Gasteiger charge is -2.18. The van der Waals surface area contributed by atoms with E-state index in [1.807, 2.05) is 39.8 Å². The van der Waals surface area contributed by atoms with E-state index in [4.69, 9.17) is 26.2 Å². The maximum atomic E-state index is 13.0. The third-order valence-corrected chi connectivity index (χ3v) is 6.42. The average molecular weight is 529 g/mol. The lowest BCUT2D eigenvalue weighted by Crippen LogP contribution is -2.26. The number of amides is 1. The zero-order valence-corrected chi connectivity index (χ0v) is 22.1. The molecule has 1 aliphatic heterocycles. The minimum Gasteiger partial charge on any atom is -0.348 e. The molecule has 0 saturated carbocycles. The number of benzene rings is 1. The summed E-state index contributed by atoms with van der Waals surface area (Å²) in [6.07, 6.45) is 3.05. The first-order valence-corrected chi connectivity index (χ1v) is 12.5. The number of nitriles is 1. The van der Waals surface area contributed by atoms with E-state index in [1.54, 1.807) is 47.3 Å². The Morgan fingerprint density at radius 1 is 1.26 bits per heavy atom. The second kappa shape index (κ2) is 10.1. The molecule has 1 fully saturated rings. The minimum atomic E-state index is -0.652. The van der Waals surface area contributed by atoms with E-state index in [1.165, 1.54) is 0 Å². The molecular formula is C28H25ClN6O3. The van der Waals surface area contributed by atoms with Crippen LogP contribution in [-0.4, -0.2) is 50.2 Å². The molecule has 1 aliphatic rings. The van der Waals surface area contributed by atoms with Crippen LogP contribution in [0.2, 0.25) is 5.15 Å². The summed E-state index contributed by atoms with van der Waals surface area (Å²) in [5.74, 6) is -1.27. The Hall–Kier alpha value is -3.97. The smallest absolute Gasteiger partial charge is 0.295 e. The van der Waals surface area contributed by atoms with Crippen molar-refractivity contribution in [1.82, 2.24) is 19.6 Å². The third-order valence-electron chi connectivity index (χ3n) is 6.22. The van der Waals surface area contributed by atoms with E-state index in [0.29, 0.717) is 34.2 Å². The summed E-state index contributed by atoms with van der Waals surface area (Å²) in [5.41, 5.74) is 4.57. The van der Waals surface area contributed by atoms with Crippen molar-refractivity contribution in [3.8, 4) is 28.5 Å². The average Bonchev–Trinajstić information content (AvgIpc) is 3.46. The maximum absolute atomic E-state index is 13.0. The van der Waals surface area contributed by atoms with Crippen LogP contribution in [0.4, 0.5) is 0 Å². The number of pyridine rings is 1. The van der Waals surface area contributed by atoms with Gasteiger partial charge in [-0.1, -0.05) is 30.7 Å². The Morgan fingerprint density at radius 3 is 2.79 bits per heavy atom. The van der Waals surface area contributed by atoms with Gasteiger partial charge in [-0.2, -0.15) is 10.4 Å². The number of hydrogen-bond acceptors (Lipinski definition) is 7. The molecule has 9 nitrogen and oxygen atoms in total. The second-order valence-electron chi connectivity index (χ2n) is 9.63. The van der Waals surface area contributed by atoms with Crippen molar-refractivity contribution in [3.63, 3.8) is 0 Å². The van der Waals surface area contributed by atoms with E-state index < -0.39 is 11.7 Å². The Balaban J connectivity index is 1.57. The summed E-state index contributed by atoms with van der Waals surface area (Å²) in [6, 6.07) is 14.5. The molecule has 4 heterocycles. The Kier molecular flexibility index (Phi) is 6.80. The predicted molar refractivity (Wildman–Crippen MR) is 143 cm³/mol. The third kappa shape index (κ3) is 5.20. The van der Waals surface area contributed by atoms with Crippen molar-refractivity contribution in [2.45, 2.75) is 39.6 Å². The van der Waals surface area contributed by atoms with Gasteiger partial charge in [0.15, 0.2) is 11.4 Å². The van der Waals surface area contributed by atoms with Crippen LogP contribution < -0.4 is 0 Å². The van der Waals surface area contributed by atoms with Gasteiger partial charge in [-0.05, 0) is 56.7 Å². The van der Waals surface area contributed by atoms with Gasteiger partial charge >= 0.3 is 0 Å². The van der Waals surface area contributed by atoms with Crippen LogP contribution in [0.25, 0.3) is 28.0 Å². The molecule has 1 amide bonds. The number of fused-ring (bicyclic) bond motifs is 1. The van der Waals surface area contributed by atoms with E-state index in [-0.39, 0.29) is 17.7 Å². The molecule has 4 aromatic rings. The van der Waals surface area contributed by atoms with Gasteiger partial charge in [0, 0.05) is 29.6 Å². The highest BCUT2D eigenvalue weighted by atomic mass is 35.5. The van der Waals surface area contributed by atoms with Crippen molar-refractivity contribution in [2.24, 2.45) is 10.9 Å². The van der Waals surface area contributed by atoms with Crippen LogP contribution in [0, 0.1) is 24.2 Å². The summed E-state index contributed by atoms with van der Waals surface area (Å²) in [5, 5.41) is 14.5. The number of carbonyl (C=O) groups is 1. The second-order valence-corrected chi connectivity index (χ2v) is 10.0. The van der Waals surface area contributed by atoms with Crippen LogP contribution in [-0.2, 0) is 9.47 Å². The molecule has 5 rings (SSSR count). The van der Waals surface area contributed by atoms with Crippen LogP contribution in [0.5, 0.6) is 0 Å². The van der Waals surface area contributed by atoms with Crippen LogP contribution in [0.3, 0.4) is 0 Å². The number of rotatable bonds is 5. The molecule has 0 bridgehead atoms. The summed E-state index contributed by atoms with van der Waals surface area (Å²) in [6.45, 7) is 7.91. The zero-order chi connectivity index (χ0) is 27.0. The number of aryl methyl sites for hydroxylation is 1. The molecule has 3 aromatic heterocycles. The number of aliphatic imine (C=N–C) groups is 1. The predicted octanol–water partition coefficient (Wildman–Crippen LogP) is 5.29. The van der Waals surface area contributed by atoms with Crippen LogP contribution in [0.15, 0.2) is 53.7 Å². The first kappa shape index (κ1) is 25.7. The number of nitrogens with zero attached hydrogens (tertiary/aromatic N) is 6. The quantitative estimate of drug-likeness (QED) is 0.255. The lowest BCUT2D eigenvalue weighted by atomic mass is 10.00. The topological polar surface area (TPSA) is 115 Å². The van der Waals surface area contributed by atoms with Gasteiger partial charge in [-0.25, -0.2) is 19.5 Å². The Morgan fingerprint density at radius 2 is 2.08 bits per heavy atom. The van der Waals surface area contributed by atoms with Gasteiger partial charge in [0.2, 0.25) is 0 Å². The van der Waals surface area contributed by atoms with Crippen molar-refractivity contribution >= 4 is 29.4 Å². The number of aromatic nitrogens is 4. The molecule has 38 heavy (non-hydrogen) atoms. The molecule has 10 heteroatoms. The fourth-order valence-corrected chi connectivity index (χ4v) is 4.60. The van der Waals surface area contributed by atoms with Crippen molar-refractivity contribution < 1.29 is 14.3 Å². The van der Waals surface area contributed by atoms with Crippen LogP contribution in [0.1, 0.15) is 42.5 Å². The standard InChI is InChI=1S/C28H25ClN6O3/c1-16(22-15-37-28(3,4)38-22)14-31-27(36)21-8-9-35-26(33-21)24(20-10-17(2)32-23(29)12-20)25(34-35)19-7-5-6-18(11-19)13-30/h5-12,14,16,22H,15H2,1-4H3/b31-14+/t16?,22-/m1/s1. The highest BCUT2D eigenvalue weighted by molar-refractivity contribution is 6.29. The first-order chi connectivity index (χ1) is 18.1. The summed E-state index contributed by atoms with van der Waals surface area (Å²) in [7, 11) is 0. The summed E-state index contributed by atoms with van der Waals surface area (Å²) in [4.78, 5) is 26.1. The van der Waals surface area contributed by atoms with Gasteiger partial charge in [0.1, 0.15) is 16.5 Å². The molecule has 1 aromatic carbocycles. The number of carbonyl (C=O) groups excluding carboxylic acids is 1. The monoisotopic (exact) mass is 528 g/mol. The fraction of sp³-hybridized carbons (Fsp3) is 0.286. The Labute approximate surface area is 224 Å². The van der Waals surface area contributed by atoms with E-state index in [9.17, 15) is 10.1 Å². The van der Waals surface area contributed by atoms with Gasteiger partial charge < -0.3 is 9.47 Å². The summed E-state index contributed by atoms with van der Waals surface area (Å²) >= 11 is 6.29. The maximum Gasteiger partial charge on any atom is 0.295 e. The normalized spacial score (nSPS) is 17.6. The van der Waals surface area contributed by atoms with E-state index >= 15 is 0 Å². The van der Waals surface area contributed by atoms with Gasteiger partial charge in [-0.15, -0.1) is 0 Å². The SMILES string of the molecule is Cc1cc(-c2c(-c3cccc(C#N)c3)nn3ccc(C(=O)/N=C/C(C)[C@H]4COC(C)(C)O4)nc23)cc(Cl)n1. The highest BCUT2D eigenvalue weighted by Crippen LogP contribution is 2.36. The molecule has 1 saturated heterocycles. The minimum absolute atomic E-state index is 0.129. The van der Waals surface area contributed by atoms with Gasteiger partial charge in [-0.3, -0.25) is 4.79 Å². The Bertz CT molecular complexity index is 1600. The number of halogens is 1. The molecule has 1 unspecified atom stereocenters. The van der Waals surface area contributed by atoms with Crippen molar-refractivity contribution in [1.29, 1.82) is 5.26 Å². The van der Waals surface area contributed by atoms with Crippen molar-refractivity contribution in [2.75, 3.05) is 6.61 Å². The fourth-order valence-electron chi connectivity index (χ4n) is 4.35. The van der Waals surface area contributed by atoms with Gasteiger partial charge in [0.25, 0.3) is 5.91 Å². The lowest BCUT2D eigenvalue weighted by molar-refractivity contribution is -0.140. The van der Waals surface area contributed by atoms with Crippen molar-refractivity contribution in [3.05, 3.63) is 70.8 Å².